The van der Waals surface area contributed by atoms with E-state index in [2.05, 4.69) is 20.3 Å². The molecule has 1 aliphatic rings. The molecule has 1 saturated heterocycles. The molecule has 1 fully saturated rings. The lowest BCUT2D eigenvalue weighted by atomic mass is 10.0. The van der Waals surface area contributed by atoms with Crippen LogP contribution in [0.2, 0.25) is 5.02 Å². The summed E-state index contributed by atoms with van der Waals surface area (Å²) in [6, 6.07) is 9.41. The Morgan fingerprint density at radius 2 is 2.23 bits per heavy atom. The zero-order valence-corrected chi connectivity index (χ0v) is 15.0. The molecule has 4 N–H and O–H groups in total. The zero-order valence-electron chi connectivity index (χ0n) is 14.2. The smallest absolute Gasteiger partial charge is 0.158 e. The minimum absolute atomic E-state index is 0.138. The second kappa shape index (κ2) is 7.20. The minimum atomic E-state index is -0.488. The van der Waals surface area contributed by atoms with E-state index in [4.69, 9.17) is 17.3 Å². The average molecular weight is 373 g/mol. The van der Waals surface area contributed by atoms with E-state index >= 15 is 0 Å². The second-order valence-corrected chi connectivity index (χ2v) is 7.07. The molecule has 4 rings (SSSR count). The van der Waals surface area contributed by atoms with Gasteiger partial charge in [-0.05, 0) is 36.2 Å². The van der Waals surface area contributed by atoms with Gasteiger partial charge in [-0.1, -0.05) is 17.7 Å². The highest BCUT2D eigenvalue weighted by Gasteiger charge is 2.25. The van der Waals surface area contributed by atoms with Gasteiger partial charge in [0.25, 0.3) is 0 Å². The summed E-state index contributed by atoms with van der Waals surface area (Å²) in [7, 11) is 0. The maximum atomic E-state index is 10.0. The van der Waals surface area contributed by atoms with E-state index in [1.807, 2.05) is 36.5 Å². The van der Waals surface area contributed by atoms with Gasteiger partial charge in [-0.2, -0.15) is 5.10 Å². The van der Waals surface area contributed by atoms with E-state index in [-0.39, 0.29) is 6.04 Å². The first-order valence-electron chi connectivity index (χ1n) is 8.60. The number of fused-ring (bicyclic) bond motifs is 1. The summed E-state index contributed by atoms with van der Waals surface area (Å²) < 4.78 is 1.81. The number of hydrogen-bond acceptors (Lipinski definition) is 6. The number of benzene rings is 1. The summed E-state index contributed by atoms with van der Waals surface area (Å²) in [5, 5.41) is 18.3. The number of nitrogens with one attached hydrogen (secondary N) is 1. The molecule has 0 aliphatic carbocycles. The van der Waals surface area contributed by atoms with E-state index in [1.54, 1.807) is 4.52 Å². The first-order chi connectivity index (χ1) is 12.6. The van der Waals surface area contributed by atoms with Crippen LogP contribution in [0, 0.1) is 0 Å². The number of aliphatic hydroxyl groups excluding tert-OH is 1. The van der Waals surface area contributed by atoms with Crippen LogP contribution in [0.25, 0.3) is 5.52 Å². The summed E-state index contributed by atoms with van der Waals surface area (Å²) >= 11 is 6.08. The molecule has 2 aromatic heterocycles. The van der Waals surface area contributed by atoms with Crippen LogP contribution in [-0.2, 0) is 6.54 Å². The van der Waals surface area contributed by atoms with Crippen LogP contribution in [0.15, 0.2) is 42.9 Å². The second-order valence-electron chi connectivity index (χ2n) is 6.63. The van der Waals surface area contributed by atoms with Crippen molar-refractivity contribution >= 4 is 28.6 Å². The van der Waals surface area contributed by atoms with Crippen molar-refractivity contribution in [3.63, 3.8) is 0 Å². The molecule has 1 aromatic carbocycles. The van der Waals surface area contributed by atoms with Gasteiger partial charge < -0.3 is 16.2 Å². The normalized spacial score (nSPS) is 21.2. The van der Waals surface area contributed by atoms with Crippen molar-refractivity contribution in [2.75, 3.05) is 18.4 Å². The predicted molar refractivity (Wildman–Crippen MR) is 102 cm³/mol. The van der Waals surface area contributed by atoms with Crippen LogP contribution in [0.4, 0.5) is 11.5 Å². The minimum Gasteiger partial charge on any atom is -0.390 e. The number of likely N-dealkylation sites (tertiary alicyclic amines) is 1. The number of nitrogens with two attached hydrogens (primary N) is 1. The van der Waals surface area contributed by atoms with Gasteiger partial charge in [0.15, 0.2) is 5.82 Å². The average Bonchev–Trinajstić information content (AvgIpc) is 3.02. The highest BCUT2D eigenvalue weighted by atomic mass is 35.5. The van der Waals surface area contributed by atoms with Gasteiger partial charge in [0.2, 0.25) is 0 Å². The molecule has 0 saturated carbocycles. The number of rotatable bonds is 4. The van der Waals surface area contributed by atoms with Crippen LogP contribution in [0.1, 0.15) is 12.0 Å². The third kappa shape index (κ3) is 3.52. The Bertz CT molecular complexity index is 914. The fourth-order valence-electron chi connectivity index (χ4n) is 3.34. The first kappa shape index (κ1) is 17.2. The predicted octanol–water partition coefficient (Wildman–Crippen LogP) is 2.02. The molecule has 26 heavy (non-hydrogen) atoms. The van der Waals surface area contributed by atoms with Gasteiger partial charge in [-0.25, -0.2) is 9.50 Å². The summed E-state index contributed by atoms with van der Waals surface area (Å²) in [6.45, 7) is 2.14. The van der Waals surface area contributed by atoms with E-state index < -0.39 is 6.10 Å². The van der Waals surface area contributed by atoms with Crippen molar-refractivity contribution in [3.8, 4) is 0 Å². The molecule has 1 aliphatic heterocycles. The van der Waals surface area contributed by atoms with Crippen molar-refractivity contribution < 1.29 is 5.11 Å². The Morgan fingerprint density at radius 3 is 3.04 bits per heavy atom. The largest absolute Gasteiger partial charge is 0.390 e. The number of hydrogen-bond donors (Lipinski definition) is 3. The monoisotopic (exact) mass is 372 g/mol. The number of β-amino-alcohol motifs (C(OH)–C–C–N with tert-alkyl or cyclic N) is 1. The third-order valence-electron chi connectivity index (χ3n) is 4.74. The third-order valence-corrected chi connectivity index (χ3v) is 4.97. The molecule has 0 radical (unpaired) electrons. The highest BCUT2D eigenvalue weighted by Crippen LogP contribution is 2.26. The standard InChI is InChI=1S/C18H21ClN6O/c19-13-2-1-3-14(8-13)23-18-17-12(4-7-25(17)22-11-21-18)9-24-6-5-15(20)16(26)10-24/h1-4,7-8,11,15-16,26H,5-6,9-10,20H2,(H,21,22,23)/t15-,16+/m1/s1. The van der Waals surface area contributed by atoms with Gasteiger partial charge in [0, 0.05) is 42.6 Å². The van der Waals surface area contributed by atoms with Gasteiger partial charge in [-0.15, -0.1) is 0 Å². The zero-order chi connectivity index (χ0) is 18.1. The van der Waals surface area contributed by atoms with Crippen LogP contribution < -0.4 is 11.1 Å². The lowest BCUT2D eigenvalue weighted by Crippen LogP contribution is -2.50. The molecule has 0 unspecified atom stereocenters. The van der Waals surface area contributed by atoms with Crippen LogP contribution >= 0.6 is 11.6 Å². The SMILES string of the molecule is N[C@@H]1CCN(Cc2ccn3ncnc(Nc4cccc(Cl)c4)c23)C[C@@H]1O. The van der Waals surface area contributed by atoms with Crippen LogP contribution in [0.3, 0.4) is 0 Å². The van der Waals surface area contributed by atoms with E-state index in [0.29, 0.717) is 18.1 Å². The summed E-state index contributed by atoms with van der Waals surface area (Å²) in [5.74, 6) is 0.719. The highest BCUT2D eigenvalue weighted by molar-refractivity contribution is 6.30. The number of nitrogens with zero attached hydrogens (tertiary/aromatic N) is 4. The van der Waals surface area contributed by atoms with Crippen molar-refractivity contribution in [1.82, 2.24) is 19.5 Å². The van der Waals surface area contributed by atoms with Gasteiger partial charge >= 0.3 is 0 Å². The van der Waals surface area contributed by atoms with E-state index in [0.717, 1.165) is 35.6 Å². The Kier molecular flexibility index (Phi) is 4.78. The lowest BCUT2D eigenvalue weighted by Gasteiger charge is -2.33. The van der Waals surface area contributed by atoms with Gasteiger partial charge in [-0.3, -0.25) is 4.90 Å². The molecule has 136 valence electrons. The van der Waals surface area contributed by atoms with Crippen molar-refractivity contribution in [3.05, 3.63) is 53.4 Å². The fraction of sp³-hybridized carbons (Fsp3) is 0.333. The van der Waals surface area contributed by atoms with E-state index in [1.165, 1.54) is 6.33 Å². The molecule has 0 amide bonds. The fourth-order valence-corrected chi connectivity index (χ4v) is 3.53. The molecule has 0 bridgehead atoms. The molecule has 0 spiro atoms. The van der Waals surface area contributed by atoms with Gasteiger partial charge in [0.05, 0.1) is 6.10 Å². The summed E-state index contributed by atoms with van der Waals surface area (Å²) in [6.07, 6.45) is 3.74. The number of piperidine rings is 1. The maximum absolute atomic E-state index is 10.0. The van der Waals surface area contributed by atoms with Crippen molar-refractivity contribution in [2.45, 2.75) is 25.1 Å². The summed E-state index contributed by atoms with van der Waals surface area (Å²) in [5.41, 5.74) is 8.78. The summed E-state index contributed by atoms with van der Waals surface area (Å²) in [4.78, 5) is 6.62. The Morgan fingerprint density at radius 1 is 1.35 bits per heavy atom. The number of halogens is 1. The molecule has 2 atom stereocenters. The van der Waals surface area contributed by atoms with Crippen LogP contribution in [0.5, 0.6) is 0 Å². The Balaban J connectivity index is 1.62. The van der Waals surface area contributed by atoms with Gasteiger partial charge in [0.1, 0.15) is 11.8 Å². The molecule has 7 nitrogen and oxygen atoms in total. The number of anilines is 2. The van der Waals surface area contributed by atoms with E-state index in [9.17, 15) is 5.11 Å². The molecular weight excluding hydrogens is 352 g/mol. The van der Waals surface area contributed by atoms with Crippen LogP contribution in [-0.4, -0.2) is 49.8 Å². The van der Waals surface area contributed by atoms with Crippen molar-refractivity contribution in [2.24, 2.45) is 5.73 Å². The Labute approximate surface area is 156 Å². The number of aromatic nitrogens is 3. The molecule has 8 heteroatoms. The first-order valence-corrected chi connectivity index (χ1v) is 8.98. The Hall–Kier alpha value is -2.19. The molecular formula is C18H21ClN6O. The number of aliphatic hydroxyl groups is 1. The van der Waals surface area contributed by atoms with Crippen molar-refractivity contribution in [1.29, 1.82) is 0 Å². The molecule has 3 heterocycles. The topological polar surface area (TPSA) is 91.7 Å². The maximum Gasteiger partial charge on any atom is 0.158 e. The quantitative estimate of drug-likeness (QED) is 0.649. The lowest BCUT2D eigenvalue weighted by molar-refractivity contribution is 0.0501. The molecule has 3 aromatic rings.